The summed E-state index contributed by atoms with van der Waals surface area (Å²) in [5.41, 5.74) is 2.01. The Morgan fingerprint density at radius 1 is 0.820 bits per heavy atom. The van der Waals surface area contributed by atoms with E-state index in [1.54, 1.807) is 84.6 Å². The molecule has 2 bridgehead atoms. The van der Waals surface area contributed by atoms with E-state index in [4.69, 9.17) is 9.47 Å². The van der Waals surface area contributed by atoms with Crippen LogP contribution < -0.4 is 30.7 Å². The highest BCUT2D eigenvalue weighted by molar-refractivity contribution is 8.03. The van der Waals surface area contributed by atoms with Crippen molar-refractivity contribution >= 4 is 41.4 Å². The van der Waals surface area contributed by atoms with E-state index in [0.717, 1.165) is 5.56 Å². The van der Waals surface area contributed by atoms with Crippen LogP contribution in [0, 0.1) is 0 Å². The molecule has 4 amide bonds. The number of thioether (sulfide) groups is 1. The molecule has 5 atom stereocenters. The highest BCUT2D eigenvalue weighted by atomic mass is 32.2. The van der Waals surface area contributed by atoms with Crippen molar-refractivity contribution in [2.24, 2.45) is 0 Å². The van der Waals surface area contributed by atoms with Gasteiger partial charge in [-0.2, -0.15) is 0 Å². The Balaban J connectivity index is 1.49. The first-order valence-corrected chi connectivity index (χ1v) is 17.2. The highest BCUT2D eigenvalue weighted by Crippen LogP contribution is 2.28. The molecular weight excluding hydrogens is 660 g/mol. The van der Waals surface area contributed by atoms with Crippen LogP contribution in [0.1, 0.15) is 29.5 Å². The van der Waals surface area contributed by atoms with E-state index in [9.17, 15) is 29.1 Å². The molecule has 0 spiro atoms. The molecule has 3 aliphatic rings. The van der Waals surface area contributed by atoms with E-state index in [1.807, 2.05) is 17.6 Å². The van der Waals surface area contributed by atoms with Gasteiger partial charge in [0.2, 0.25) is 17.7 Å². The summed E-state index contributed by atoms with van der Waals surface area (Å²) in [7, 11) is 1.52. The third kappa shape index (κ3) is 10.3. The molecule has 1 unspecified atom stereocenters. The average molecular weight is 701 g/mol. The van der Waals surface area contributed by atoms with Gasteiger partial charge < -0.3 is 35.8 Å². The number of carbonyl (C=O) groups excluding carboxylic acids is 4. The van der Waals surface area contributed by atoms with Crippen LogP contribution in [-0.2, 0) is 43.2 Å². The Hall–Kier alpha value is -5.30. The molecule has 12 nitrogen and oxygen atoms in total. The molecule has 0 saturated carbocycles. The zero-order chi connectivity index (χ0) is 35.5. The summed E-state index contributed by atoms with van der Waals surface area (Å²) in [6, 6.07) is 17.9. The van der Waals surface area contributed by atoms with E-state index >= 15 is 0 Å². The van der Waals surface area contributed by atoms with Crippen molar-refractivity contribution in [3.63, 3.8) is 0 Å². The molecule has 5 N–H and O–H groups in total. The fourth-order valence-corrected chi connectivity index (χ4v) is 6.71. The smallest absolute Gasteiger partial charge is 0.326 e. The first kappa shape index (κ1) is 36.0. The number of aliphatic carboxylic acids is 1. The summed E-state index contributed by atoms with van der Waals surface area (Å²) in [4.78, 5) is 67.3. The number of allylic oxidation sites excluding steroid dienone is 1. The van der Waals surface area contributed by atoms with Crippen molar-refractivity contribution < 1.29 is 38.6 Å². The molecule has 50 heavy (non-hydrogen) atoms. The third-order valence-corrected chi connectivity index (χ3v) is 9.51. The van der Waals surface area contributed by atoms with E-state index < -0.39 is 53.8 Å². The largest absolute Gasteiger partial charge is 0.497 e. The number of nitrogens with one attached hydrogen (secondary N) is 4. The lowest BCUT2D eigenvalue weighted by atomic mass is 10.0. The maximum absolute atomic E-state index is 14.1. The Kier molecular flexibility index (Phi) is 12.5. The standard InChI is InChI=1S/C37H40N4O8S/c1-48-27-10-5-9-25(17-27)20-30-34(43)39-29(18-23-7-3-2-4-8-23)35(44)41-32(37(46)47)19-24-12-14-26(15-13-24)49-22-33(42)38-31(36(45)40-30)21-28-11-6-16-50-28/h2-10,12-17,28-32H,11,18-22H2,1H3,(H,38,42)(H,39,43)(H,40,45)(H,41,44)(H,46,47)/t28?,29-,30+,31-,32-/m0/s1. The lowest BCUT2D eigenvalue weighted by Gasteiger charge is -2.27. The fourth-order valence-electron chi connectivity index (χ4n) is 5.74. The number of fused-ring (bicyclic) bond motifs is 16. The third-order valence-electron chi connectivity index (χ3n) is 8.39. The molecule has 0 aromatic heterocycles. The Morgan fingerprint density at radius 3 is 2.14 bits per heavy atom. The summed E-state index contributed by atoms with van der Waals surface area (Å²) < 4.78 is 11.0. The van der Waals surface area contributed by atoms with Crippen molar-refractivity contribution in [3.8, 4) is 11.5 Å². The number of amides is 4. The second kappa shape index (κ2) is 17.4. The minimum absolute atomic E-state index is 0.0314. The van der Waals surface area contributed by atoms with Gasteiger partial charge in [-0.15, -0.1) is 11.8 Å². The van der Waals surface area contributed by atoms with Crippen LogP contribution >= 0.6 is 11.8 Å². The molecule has 3 heterocycles. The van der Waals surface area contributed by atoms with E-state index in [-0.39, 0.29) is 31.1 Å². The van der Waals surface area contributed by atoms with Crippen molar-refractivity contribution in [1.29, 1.82) is 0 Å². The molecule has 13 heteroatoms. The molecule has 3 aliphatic heterocycles. The predicted molar refractivity (Wildman–Crippen MR) is 188 cm³/mol. The fraction of sp³-hybridized carbons (Fsp3) is 0.324. The van der Waals surface area contributed by atoms with Crippen LogP contribution in [0.3, 0.4) is 0 Å². The van der Waals surface area contributed by atoms with E-state index in [0.29, 0.717) is 35.5 Å². The number of benzene rings is 3. The Labute approximate surface area is 294 Å². The summed E-state index contributed by atoms with van der Waals surface area (Å²) in [5.74, 6) is -2.80. The summed E-state index contributed by atoms with van der Waals surface area (Å²) in [6.07, 6.45) is 3.06. The monoisotopic (exact) mass is 700 g/mol. The van der Waals surface area contributed by atoms with E-state index in [1.165, 1.54) is 7.11 Å². The first-order valence-electron chi connectivity index (χ1n) is 16.3. The number of hydrogen-bond donors (Lipinski definition) is 5. The van der Waals surface area contributed by atoms with Crippen LogP contribution in [0.25, 0.3) is 0 Å². The van der Waals surface area contributed by atoms with Crippen molar-refractivity contribution in [1.82, 2.24) is 21.3 Å². The minimum Gasteiger partial charge on any atom is -0.497 e. The Morgan fingerprint density at radius 2 is 1.48 bits per heavy atom. The van der Waals surface area contributed by atoms with E-state index in [2.05, 4.69) is 21.3 Å². The SMILES string of the molecule is COc1cccc(C[C@H]2NC(=O)[C@H](CC3CC=CS3)NC(=O)COc3ccc(cc3)C[C@@H](C(=O)O)NC(=O)[C@H](Cc3ccccc3)NC2=O)c1. The van der Waals surface area contributed by atoms with Gasteiger partial charge in [0, 0.05) is 24.5 Å². The second-order valence-electron chi connectivity index (χ2n) is 12.1. The zero-order valence-corrected chi connectivity index (χ0v) is 28.3. The van der Waals surface area contributed by atoms with Crippen LogP contribution in [0.5, 0.6) is 11.5 Å². The predicted octanol–water partition coefficient (Wildman–Crippen LogP) is 2.55. The maximum Gasteiger partial charge on any atom is 0.326 e. The quantitative estimate of drug-likeness (QED) is 0.222. The number of ether oxygens (including phenoxy) is 2. The van der Waals surface area contributed by atoms with Crippen molar-refractivity contribution in [3.05, 3.63) is 107 Å². The normalized spacial score (nSPS) is 23.3. The average Bonchev–Trinajstić information content (AvgIpc) is 3.63. The van der Waals surface area contributed by atoms with Crippen LogP contribution in [0.15, 0.2) is 90.3 Å². The lowest BCUT2D eigenvalue weighted by Crippen LogP contribution is -2.59. The van der Waals surface area contributed by atoms with Gasteiger partial charge in [-0.3, -0.25) is 19.2 Å². The summed E-state index contributed by atoms with van der Waals surface area (Å²) in [6.45, 7) is -0.373. The van der Waals surface area contributed by atoms with Gasteiger partial charge in [-0.25, -0.2) is 4.79 Å². The van der Waals surface area contributed by atoms with Gasteiger partial charge in [-0.1, -0.05) is 60.7 Å². The molecule has 0 aliphatic carbocycles. The van der Waals surface area contributed by atoms with Crippen LogP contribution in [-0.4, -0.2) is 77.8 Å². The molecule has 0 radical (unpaired) electrons. The van der Waals surface area contributed by atoms with Gasteiger partial charge >= 0.3 is 5.97 Å². The number of carboxylic acid groups (broad SMARTS) is 1. The highest BCUT2D eigenvalue weighted by Gasteiger charge is 2.33. The minimum atomic E-state index is -1.31. The van der Waals surface area contributed by atoms with Gasteiger partial charge in [0.15, 0.2) is 6.61 Å². The molecule has 0 fully saturated rings. The van der Waals surface area contributed by atoms with Crippen molar-refractivity contribution in [2.45, 2.75) is 61.5 Å². The second-order valence-corrected chi connectivity index (χ2v) is 13.3. The number of carbonyl (C=O) groups is 5. The van der Waals surface area contributed by atoms with Gasteiger partial charge in [-0.05, 0) is 59.2 Å². The number of methoxy groups -OCH3 is 1. The molecule has 3 aromatic rings. The summed E-state index contributed by atoms with van der Waals surface area (Å²) in [5, 5.41) is 23.0. The van der Waals surface area contributed by atoms with Crippen LogP contribution in [0.4, 0.5) is 0 Å². The zero-order valence-electron chi connectivity index (χ0n) is 27.5. The van der Waals surface area contributed by atoms with Gasteiger partial charge in [0.25, 0.3) is 5.91 Å². The van der Waals surface area contributed by atoms with Crippen LogP contribution in [0.2, 0.25) is 0 Å². The van der Waals surface area contributed by atoms with Gasteiger partial charge in [0.05, 0.1) is 7.11 Å². The maximum atomic E-state index is 14.1. The Bertz CT molecular complexity index is 1690. The number of hydrogen-bond acceptors (Lipinski definition) is 8. The van der Waals surface area contributed by atoms with Gasteiger partial charge in [0.1, 0.15) is 35.7 Å². The molecule has 0 saturated heterocycles. The van der Waals surface area contributed by atoms with Crippen molar-refractivity contribution in [2.75, 3.05) is 13.7 Å². The molecule has 6 rings (SSSR count). The number of rotatable bonds is 8. The lowest BCUT2D eigenvalue weighted by molar-refractivity contribution is -0.142. The summed E-state index contributed by atoms with van der Waals surface area (Å²) >= 11 is 1.56. The molecule has 3 aromatic carbocycles. The molecule has 262 valence electrons. The molecular formula is C37H40N4O8S. The topological polar surface area (TPSA) is 172 Å². The first-order chi connectivity index (χ1) is 24.2. The number of carboxylic acids is 1.